The molecule has 5 heteroatoms. The molecule has 5 nitrogen and oxygen atoms in total. The average Bonchev–Trinajstić information content (AvgIpc) is 3.20. The molecule has 0 bridgehead atoms. The zero-order chi connectivity index (χ0) is 13.0. The number of carbonyl (C=O) groups is 2. The topological polar surface area (TPSA) is 65.1 Å². The van der Waals surface area contributed by atoms with Crippen molar-refractivity contribution in [3.63, 3.8) is 0 Å². The van der Waals surface area contributed by atoms with E-state index >= 15 is 0 Å². The van der Waals surface area contributed by atoms with Crippen LogP contribution in [0.25, 0.3) is 0 Å². The molecular weight excluding hydrogens is 236 g/mol. The van der Waals surface area contributed by atoms with Crippen molar-refractivity contribution in [3.8, 4) is 5.75 Å². The molecule has 18 heavy (non-hydrogen) atoms. The SMILES string of the molecule is C=CC(=O)Oc1ccc(C(=O)OCC2CO2)cc1. The van der Waals surface area contributed by atoms with Crippen molar-refractivity contribution in [2.24, 2.45) is 0 Å². The third kappa shape index (κ3) is 3.43. The second kappa shape index (κ2) is 5.46. The summed E-state index contributed by atoms with van der Waals surface area (Å²) < 4.78 is 14.8. The monoisotopic (exact) mass is 248 g/mol. The van der Waals surface area contributed by atoms with Crippen molar-refractivity contribution in [2.75, 3.05) is 13.2 Å². The number of esters is 2. The van der Waals surface area contributed by atoms with E-state index in [9.17, 15) is 9.59 Å². The van der Waals surface area contributed by atoms with Gasteiger partial charge in [0, 0.05) is 6.08 Å². The van der Waals surface area contributed by atoms with E-state index in [2.05, 4.69) is 6.58 Å². The Labute approximate surface area is 104 Å². The maximum absolute atomic E-state index is 11.6. The van der Waals surface area contributed by atoms with Gasteiger partial charge >= 0.3 is 11.9 Å². The molecule has 0 N–H and O–H groups in total. The highest BCUT2D eigenvalue weighted by molar-refractivity contribution is 5.89. The highest BCUT2D eigenvalue weighted by Crippen LogP contribution is 2.14. The van der Waals surface area contributed by atoms with E-state index in [0.717, 1.165) is 6.08 Å². The number of epoxide rings is 1. The van der Waals surface area contributed by atoms with Gasteiger partial charge in [0.25, 0.3) is 0 Å². The van der Waals surface area contributed by atoms with Gasteiger partial charge in [-0.05, 0) is 24.3 Å². The largest absolute Gasteiger partial charge is 0.459 e. The van der Waals surface area contributed by atoms with E-state index in [1.54, 1.807) is 0 Å². The molecule has 0 amide bonds. The van der Waals surface area contributed by atoms with Gasteiger partial charge in [0.15, 0.2) is 0 Å². The number of ether oxygens (including phenoxy) is 3. The molecule has 2 rings (SSSR count). The number of benzene rings is 1. The van der Waals surface area contributed by atoms with Gasteiger partial charge in [-0.15, -0.1) is 0 Å². The van der Waals surface area contributed by atoms with Gasteiger partial charge in [-0.25, -0.2) is 9.59 Å². The number of hydrogen-bond acceptors (Lipinski definition) is 5. The van der Waals surface area contributed by atoms with Crippen LogP contribution in [-0.2, 0) is 14.3 Å². The first-order chi connectivity index (χ1) is 8.69. The summed E-state index contributed by atoms with van der Waals surface area (Å²) in [5, 5.41) is 0. The molecule has 0 saturated carbocycles. The smallest absolute Gasteiger partial charge is 0.338 e. The molecule has 1 atom stereocenters. The van der Waals surface area contributed by atoms with Crippen molar-refractivity contribution in [1.29, 1.82) is 0 Å². The summed E-state index contributed by atoms with van der Waals surface area (Å²) in [5.74, 6) is -0.620. The quantitative estimate of drug-likeness (QED) is 0.340. The standard InChI is InChI=1S/C13H12O5/c1-2-12(14)18-10-5-3-9(4-6-10)13(15)17-8-11-7-16-11/h2-6,11H,1,7-8H2. The summed E-state index contributed by atoms with van der Waals surface area (Å²) in [6, 6.07) is 6.10. The van der Waals surface area contributed by atoms with Crippen LogP contribution in [0, 0.1) is 0 Å². The molecule has 1 saturated heterocycles. The Morgan fingerprint density at radius 2 is 2.06 bits per heavy atom. The van der Waals surface area contributed by atoms with Gasteiger partial charge in [-0.3, -0.25) is 0 Å². The van der Waals surface area contributed by atoms with E-state index in [4.69, 9.17) is 14.2 Å². The Hall–Kier alpha value is -2.14. The van der Waals surface area contributed by atoms with Crippen molar-refractivity contribution in [3.05, 3.63) is 42.5 Å². The molecule has 0 aromatic heterocycles. The van der Waals surface area contributed by atoms with Gasteiger partial charge in [-0.2, -0.15) is 0 Å². The van der Waals surface area contributed by atoms with E-state index in [0.29, 0.717) is 17.9 Å². The van der Waals surface area contributed by atoms with Crippen molar-refractivity contribution in [2.45, 2.75) is 6.10 Å². The second-order valence-corrected chi connectivity index (χ2v) is 3.70. The summed E-state index contributed by atoms with van der Waals surface area (Å²) in [6.07, 6.45) is 1.11. The number of hydrogen-bond donors (Lipinski definition) is 0. The lowest BCUT2D eigenvalue weighted by atomic mass is 10.2. The van der Waals surface area contributed by atoms with Crippen molar-refractivity contribution >= 4 is 11.9 Å². The normalized spacial score (nSPS) is 16.8. The first-order valence-corrected chi connectivity index (χ1v) is 5.42. The van der Waals surface area contributed by atoms with Crippen molar-refractivity contribution < 1.29 is 23.8 Å². The Morgan fingerprint density at radius 1 is 1.39 bits per heavy atom. The Kier molecular flexibility index (Phi) is 3.74. The van der Waals surface area contributed by atoms with Crippen LogP contribution in [0.15, 0.2) is 36.9 Å². The first kappa shape index (κ1) is 12.3. The number of carbonyl (C=O) groups excluding carboxylic acids is 2. The van der Waals surface area contributed by atoms with E-state index in [1.807, 2.05) is 0 Å². The van der Waals surface area contributed by atoms with Crippen LogP contribution < -0.4 is 4.74 Å². The molecule has 1 unspecified atom stereocenters. The molecule has 0 radical (unpaired) electrons. The maximum atomic E-state index is 11.6. The van der Waals surface area contributed by atoms with Crippen LogP contribution >= 0.6 is 0 Å². The highest BCUT2D eigenvalue weighted by atomic mass is 16.6. The summed E-state index contributed by atoms with van der Waals surface area (Å²) in [6.45, 7) is 4.20. The molecule has 1 heterocycles. The van der Waals surface area contributed by atoms with Crippen LogP contribution in [0.1, 0.15) is 10.4 Å². The predicted molar refractivity (Wildman–Crippen MR) is 62.3 cm³/mol. The fourth-order valence-electron chi connectivity index (χ4n) is 1.23. The Bertz CT molecular complexity index is 459. The van der Waals surface area contributed by atoms with E-state index in [-0.39, 0.29) is 12.7 Å². The summed E-state index contributed by atoms with van der Waals surface area (Å²) in [5.41, 5.74) is 0.397. The average molecular weight is 248 g/mol. The van der Waals surface area contributed by atoms with Gasteiger partial charge in [0.2, 0.25) is 0 Å². The lowest BCUT2D eigenvalue weighted by Crippen LogP contribution is -2.10. The lowest BCUT2D eigenvalue weighted by molar-refractivity contribution is -0.128. The van der Waals surface area contributed by atoms with Gasteiger partial charge in [0.1, 0.15) is 18.5 Å². The fraction of sp³-hybridized carbons (Fsp3) is 0.231. The third-order valence-electron chi connectivity index (χ3n) is 2.28. The molecule has 1 fully saturated rings. The molecular formula is C13H12O5. The van der Waals surface area contributed by atoms with E-state index in [1.165, 1.54) is 24.3 Å². The minimum Gasteiger partial charge on any atom is -0.459 e. The van der Waals surface area contributed by atoms with E-state index < -0.39 is 11.9 Å². The molecule has 0 spiro atoms. The molecule has 1 aromatic rings. The zero-order valence-corrected chi connectivity index (χ0v) is 9.63. The number of rotatable bonds is 5. The van der Waals surface area contributed by atoms with Gasteiger partial charge in [-0.1, -0.05) is 6.58 Å². The van der Waals surface area contributed by atoms with Gasteiger partial charge < -0.3 is 14.2 Å². The zero-order valence-electron chi connectivity index (χ0n) is 9.63. The third-order valence-corrected chi connectivity index (χ3v) is 2.28. The lowest BCUT2D eigenvalue weighted by Gasteiger charge is -2.04. The van der Waals surface area contributed by atoms with Crippen LogP contribution in [0.4, 0.5) is 0 Å². The predicted octanol–water partition coefficient (Wildman–Crippen LogP) is 1.33. The van der Waals surface area contributed by atoms with Crippen LogP contribution in [0.5, 0.6) is 5.75 Å². The van der Waals surface area contributed by atoms with Gasteiger partial charge in [0.05, 0.1) is 12.2 Å². The Morgan fingerprint density at radius 3 is 2.61 bits per heavy atom. The summed E-state index contributed by atoms with van der Waals surface area (Å²) >= 11 is 0. The molecule has 1 aliphatic rings. The summed E-state index contributed by atoms with van der Waals surface area (Å²) in [7, 11) is 0. The fourth-order valence-corrected chi connectivity index (χ4v) is 1.23. The molecule has 1 aliphatic heterocycles. The highest BCUT2D eigenvalue weighted by Gasteiger charge is 2.24. The minimum absolute atomic E-state index is 0.0433. The van der Waals surface area contributed by atoms with Crippen molar-refractivity contribution in [1.82, 2.24) is 0 Å². The first-order valence-electron chi connectivity index (χ1n) is 5.42. The van der Waals surface area contributed by atoms with Crippen LogP contribution in [-0.4, -0.2) is 31.3 Å². The molecule has 1 aromatic carbocycles. The maximum Gasteiger partial charge on any atom is 0.338 e. The summed E-state index contributed by atoms with van der Waals surface area (Å²) in [4.78, 5) is 22.5. The van der Waals surface area contributed by atoms with Crippen LogP contribution in [0.2, 0.25) is 0 Å². The Balaban J connectivity index is 1.91. The van der Waals surface area contributed by atoms with Crippen LogP contribution in [0.3, 0.4) is 0 Å². The second-order valence-electron chi connectivity index (χ2n) is 3.70. The molecule has 94 valence electrons. The molecule has 0 aliphatic carbocycles. The minimum atomic E-state index is -0.545.